The molecule has 1 saturated heterocycles. The molecule has 0 saturated carbocycles. The molecule has 1 aliphatic heterocycles. The fourth-order valence-corrected chi connectivity index (χ4v) is 3.02. The lowest BCUT2D eigenvalue weighted by molar-refractivity contribution is -0.117. The van der Waals surface area contributed by atoms with Crippen LogP contribution in [0.25, 0.3) is 0 Å². The Morgan fingerprint density at radius 3 is 2.88 bits per heavy atom. The van der Waals surface area contributed by atoms with Crippen LogP contribution in [0.5, 0.6) is 0 Å². The van der Waals surface area contributed by atoms with Crippen LogP contribution < -0.4 is 15.5 Å². The van der Waals surface area contributed by atoms with Crippen LogP contribution in [-0.4, -0.2) is 30.0 Å². The van der Waals surface area contributed by atoms with E-state index in [1.165, 1.54) is 0 Å². The molecule has 6 heteroatoms. The monoisotopic (exact) mass is 352 g/mol. The molecule has 0 bridgehead atoms. The third-order valence-electron chi connectivity index (χ3n) is 4.48. The molecule has 0 spiro atoms. The number of hydrogen-bond acceptors (Lipinski definition) is 3. The van der Waals surface area contributed by atoms with E-state index in [9.17, 15) is 9.59 Å². The SMILES string of the molecule is Cc1ccc(N2CCCC2=O)cc1NC(=O)NCCCc1ccccn1. The Hall–Kier alpha value is -2.89. The van der Waals surface area contributed by atoms with Crippen LogP contribution >= 0.6 is 0 Å². The zero-order chi connectivity index (χ0) is 18.4. The molecule has 3 rings (SSSR count). The highest BCUT2D eigenvalue weighted by Crippen LogP contribution is 2.26. The van der Waals surface area contributed by atoms with E-state index in [1.807, 2.05) is 43.3 Å². The molecule has 1 aromatic carbocycles. The minimum atomic E-state index is -0.237. The van der Waals surface area contributed by atoms with Gasteiger partial charge in [0.2, 0.25) is 5.91 Å². The van der Waals surface area contributed by atoms with Crippen molar-refractivity contribution in [2.45, 2.75) is 32.6 Å². The van der Waals surface area contributed by atoms with Crippen LogP contribution in [-0.2, 0) is 11.2 Å². The number of urea groups is 1. The van der Waals surface area contributed by atoms with Gasteiger partial charge in [-0.05, 0) is 56.0 Å². The summed E-state index contributed by atoms with van der Waals surface area (Å²) in [6.45, 7) is 3.25. The second-order valence-corrected chi connectivity index (χ2v) is 6.45. The fourth-order valence-electron chi connectivity index (χ4n) is 3.02. The molecular weight excluding hydrogens is 328 g/mol. The topological polar surface area (TPSA) is 74.3 Å². The number of hydrogen-bond donors (Lipinski definition) is 2. The van der Waals surface area contributed by atoms with Gasteiger partial charge in [-0.2, -0.15) is 0 Å². The number of benzene rings is 1. The van der Waals surface area contributed by atoms with Crippen molar-refractivity contribution in [3.63, 3.8) is 0 Å². The van der Waals surface area contributed by atoms with Crippen molar-refractivity contribution in [3.05, 3.63) is 53.9 Å². The molecule has 3 amide bonds. The van der Waals surface area contributed by atoms with Gasteiger partial charge in [0.1, 0.15) is 0 Å². The number of aromatic nitrogens is 1. The third kappa shape index (κ3) is 4.59. The Labute approximate surface area is 153 Å². The summed E-state index contributed by atoms with van der Waals surface area (Å²) >= 11 is 0. The van der Waals surface area contributed by atoms with Crippen LogP contribution in [0.15, 0.2) is 42.6 Å². The molecule has 0 atom stereocenters. The first-order valence-corrected chi connectivity index (χ1v) is 8.99. The zero-order valence-electron chi connectivity index (χ0n) is 15.0. The molecule has 0 aliphatic carbocycles. The van der Waals surface area contributed by atoms with Gasteiger partial charge in [0, 0.05) is 42.8 Å². The number of rotatable bonds is 6. The maximum Gasteiger partial charge on any atom is 0.319 e. The number of pyridine rings is 1. The lowest BCUT2D eigenvalue weighted by Crippen LogP contribution is -2.30. The van der Waals surface area contributed by atoms with Gasteiger partial charge in [0.15, 0.2) is 0 Å². The number of anilines is 2. The lowest BCUT2D eigenvalue weighted by Gasteiger charge is -2.18. The first-order valence-electron chi connectivity index (χ1n) is 8.99. The van der Waals surface area contributed by atoms with Crippen LogP contribution in [0.3, 0.4) is 0 Å². The number of carbonyl (C=O) groups excluding carboxylic acids is 2. The molecule has 2 heterocycles. The van der Waals surface area contributed by atoms with Gasteiger partial charge >= 0.3 is 6.03 Å². The normalized spacial score (nSPS) is 13.7. The molecule has 1 fully saturated rings. The highest BCUT2D eigenvalue weighted by molar-refractivity contribution is 5.97. The number of carbonyl (C=O) groups is 2. The minimum Gasteiger partial charge on any atom is -0.338 e. The number of amides is 3. The molecule has 2 aromatic rings. The van der Waals surface area contributed by atoms with Gasteiger partial charge in [-0.15, -0.1) is 0 Å². The molecule has 2 N–H and O–H groups in total. The summed E-state index contributed by atoms with van der Waals surface area (Å²) in [5.41, 5.74) is 3.55. The van der Waals surface area contributed by atoms with Gasteiger partial charge < -0.3 is 15.5 Å². The molecule has 1 aromatic heterocycles. The molecule has 0 unspecified atom stereocenters. The number of nitrogens with zero attached hydrogens (tertiary/aromatic N) is 2. The van der Waals surface area contributed by atoms with E-state index in [1.54, 1.807) is 11.1 Å². The number of nitrogens with one attached hydrogen (secondary N) is 2. The maximum atomic E-state index is 12.2. The Morgan fingerprint density at radius 1 is 1.27 bits per heavy atom. The van der Waals surface area contributed by atoms with E-state index in [2.05, 4.69) is 15.6 Å². The fraction of sp³-hybridized carbons (Fsp3) is 0.350. The van der Waals surface area contributed by atoms with Gasteiger partial charge in [-0.25, -0.2) is 4.79 Å². The van der Waals surface area contributed by atoms with E-state index in [0.717, 1.165) is 48.4 Å². The highest BCUT2D eigenvalue weighted by atomic mass is 16.2. The van der Waals surface area contributed by atoms with E-state index >= 15 is 0 Å². The van der Waals surface area contributed by atoms with Crippen molar-refractivity contribution >= 4 is 23.3 Å². The largest absolute Gasteiger partial charge is 0.338 e. The summed E-state index contributed by atoms with van der Waals surface area (Å²) < 4.78 is 0. The van der Waals surface area contributed by atoms with E-state index < -0.39 is 0 Å². The van der Waals surface area contributed by atoms with Crippen LogP contribution in [0.4, 0.5) is 16.2 Å². The van der Waals surface area contributed by atoms with Crippen molar-refractivity contribution in [1.29, 1.82) is 0 Å². The predicted molar refractivity (Wildman–Crippen MR) is 102 cm³/mol. The smallest absolute Gasteiger partial charge is 0.319 e. The average Bonchev–Trinajstić information content (AvgIpc) is 3.07. The molecule has 1 aliphatic rings. The zero-order valence-corrected chi connectivity index (χ0v) is 15.0. The van der Waals surface area contributed by atoms with Crippen LogP contribution in [0.2, 0.25) is 0 Å². The minimum absolute atomic E-state index is 0.138. The van der Waals surface area contributed by atoms with Crippen molar-refractivity contribution in [3.8, 4) is 0 Å². The summed E-state index contributed by atoms with van der Waals surface area (Å²) in [6.07, 6.45) is 4.90. The number of aryl methyl sites for hydroxylation is 2. The molecule has 26 heavy (non-hydrogen) atoms. The second kappa shape index (κ2) is 8.47. The average molecular weight is 352 g/mol. The first-order chi connectivity index (χ1) is 12.6. The van der Waals surface area contributed by atoms with Gasteiger partial charge in [0.05, 0.1) is 0 Å². The third-order valence-corrected chi connectivity index (χ3v) is 4.48. The highest BCUT2D eigenvalue weighted by Gasteiger charge is 2.22. The first kappa shape index (κ1) is 17.9. The molecule has 136 valence electrons. The summed E-state index contributed by atoms with van der Waals surface area (Å²) in [7, 11) is 0. The molecular formula is C20H24N4O2. The quantitative estimate of drug-likeness (QED) is 0.784. The maximum absolute atomic E-state index is 12.2. The predicted octanol–water partition coefficient (Wildman–Crippen LogP) is 3.27. The summed E-state index contributed by atoms with van der Waals surface area (Å²) in [4.78, 5) is 30.1. The summed E-state index contributed by atoms with van der Waals surface area (Å²) in [5, 5.41) is 5.75. The molecule has 6 nitrogen and oxygen atoms in total. The standard InChI is InChI=1S/C20H24N4O2/c1-15-9-10-17(24-13-5-8-19(24)25)14-18(15)23-20(26)22-12-4-7-16-6-2-3-11-21-16/h2-3,6,9-11,14H,4-5,7-8,12-13H2,1H3,(H2,22,23,26). The van der Waals surface area contributed by atoms with Crippen molar-refractivity contribution in [1.82, 2.24) is 10.3 Å². The Bertz CT molecular complexity index is 777. The van der Waals surface area contributed by atoms with Gasteiger partial charge in [-0.1, -0.05) is 12.1 Å². The Balaban J connectivity index is 1.51. The van der Waals surface area contributed by atoms with E-state index in [4.69, 9.17) is 0 Å². The van der Waals surface area contributed by atoms with Gasteiger partial charge in [0.25, 0.3) is 0 Å². The van der Waals surface area contributed by atoms with Crippen molar-refractivity contribution in [2.24, 2.45) is 0 Å². The van der Waals surface area contributed by atoms with Crippen molar-refractivity contribution < 1.29 is 9.59 Å². The van der Waals surface area contributed by atoms with E-state index in [0.29, 0.717) is 13.0 Å². The summed E-state index contributed by atoms with van der Waals surface area (Å²) in [6, 6.07) is 11.3. The van der Waals surface area contributed by atoms with E-state index in [-0.39, 0.29) is 11.9 Å². The second-order valence-electron chi connectivity index (χ2n) is 6.45. The van der Waals surface area contributed by atoms with Crippen molar-refractivity contribution in [2.75, 3.05) is 23.3 Å². The Morgan fingerprint density at radius 2 is 2.15 bits per heavy atom. The lowest BCUT2D eigenvalue weighted by atomic mass is 10.1. The molecule has 0 radical (unpaired) electrons. The van der Waals surface area contributed by atoms with Crippen LogP contribution in [0, 0.1) is 6.92 Å². The summed E-state index contributed by atoms with van der Waals surface area (Å²) in [5.74, 6) is 0.138. The Kier molecular flexibility index (Phi) is 5.84. The van der Waals surface area contributed by atoms with Crippen LogP contribution in [0.1, 0.15) is 30.5 Å². The van der Waals surface area contributed by atoms with Gasteiger partial charge in [-0.3, -0.25) is 9.78 Å².